The molecule has 4 rings (SSSR count). The number of methoxy groups -OCH3 is 3. The quantitative estimate of drug-likeness (QED) is 0.502. The van der Waals surface area contributed by atoms with Crippen molar-refractivity contribution in [1.29, 1.82) is 0 Å². The van der Waals surface area contributed by atoms with Crippen LogP contribution in [0.3, 0.4) is 0 Å². The molecule has 1 atom stereocenters. The van der Waals surface area contributed by atoms with Crippen LogP contribution >= 0.6 is 0 Å². The van der Waals surface area contributed by atoms with Crippen LogP contribution < -0.4 is 24.8 Å². The van der Waals surface area contributed by atoms with Crippen LogP contribution in [0.4, 0.5) is 11.5 Å². The predicted octanol–water partition coefficient (Wildman–Crippen LogP) is 3.14. The zero-order valence-electron chi connectivity index (χ0n) is 18.2. The van der Waals surface area contributed by atoms with Crippen molar-refractivity contribution < 1.29 is 28.9 Å². The number of fused-ring (bicyclic) bond motifs is 1. The average Bonchev–Trinajstić information content (AvgIpc) is 3.27. The molecule has 33 heavy (non-hydrogen) atoms. The van der Waals surface area contributed by atoms with E-state index in [9.17, 15) is 14.7 Å². The Labute approximate surface area is 189 Å². The summed E-state index contributed by atoms with van der Waals surface area (Å²) in [4.78, 5) is 24.8. The molecule has 0 bridgehead atoms. The molecule has 2 aromatic carbocycles. The number of carbonyl (C=O) groups excluding carboxylic acids is 1. The Hall–Kier alpha value is -4.47. The van der Waals surface area contributed by atoms with Gasteiger partial charge in [-0.3, -0.25) is 4.79 Å². The van der Waals surface area contributed by atoms with Gasteiger partial charge in [-0.2, -0.15) is 5.10 Å². The molecule has 0 radical (unpaired) electrons. The fourth-order valence-corrected chi connectivity index (χ4v) is 3.55. The zero-order chi connectivity index (χ0) is 23.5. The minimum atomic E-state index is -1.17. The maximum atomic E-state index is 13.0. The number of carboxylic acids is 1. The van der Waals surface area contributed by atoms with Crippen molar-refractivity contribution in [1.82, 2.24) is 9.78 Å². The van der Waals surface area contributed by atoms with Gasteiger partial charge in [0.15, 0.2) is 0 Å². The van der Waals surface area contributed by atoms with Gasteiger partial charge >= 0.3 is 5.97 Å². The number of aromatic nitrogens is 2. The van der Waals surface area contributed by atoms with Gasteiger partial charge in [0.25, 0.3) is 5.91 Å². The number of ether oxygens (including phenoxy) is 3. The van der Waals surface area contributed by atoms with Crippen LogP contribution in [0.5, 0.6) is 17.2 Å². The number of hydrogen-bond acceptors (Lipinski definition) is 7. The first-order valence-electron chi connectivity index (χ1n) is 9.92. The monoisotopic (exact) mass is 450 g/mol. The van der Waals surface area contributed by atoms with Crippen molar-refractivity contribution in [3.05, 3.63) is 71.6 Å². The van der Waals surface area contributed by atoms with E-state index < -0.39 is 17.9 Å². The lowest BCUT2D eigenvalue weighted by atomic mass is 10.0. The highest BCUT2D eigenvalue weighted by molar-refractivity contribution is 6.08. The van der Waals surface area contributed by atoms with Gasteiger partial charge in [0.2, 0.25) is 0 Å². The maximum absolute atomic E-state index is 13.0. The van der Waals surface area contributed by atoms with Crippen LogP contribution in [0, 0.1) is 0 Å². The van der Waals surface area contributed by atoms with Gasteiger partial charge in [0.1, 0.15) is 40.4 Å². The number of rotatable bonds is 7. The molecular formula is C23H22N4O6. The van der Waals surface area contributed by atoms with E-state index >= 15 is 0 Å². The number of aliphatic carboxylic acids is 1. The number of carbonyl (C=O) groups is 2. The number of nitrogens with one attached hydrogen (secondary N) is 2. The Morgan fingerprint density at radius 1 is 1.03 bits per heavy atom. The third-order valence-electron chi connectivity index (χ3n) is 5.21. The summed E-state index contributed by atoms with van der Waals surface area (Å²) in [5, 5.41) is 19.6. The summed E-state index contributed by atoms with van der Waals surface area (Å²) < 4.78 is 17.5. The number of hydrogen-bond donors (Lipinski definition) is 3. The number of benzene rings is 2. The smallest absolute Gasteiger partial charge is 0.352 e. The van der Waals surface area contributed by atoms with Gasteiger partial charge < -0.3 is 30.0 Å². The van der Waals surface area contributed by atoms with Gasteiger partial charge in [0, 0.05) is 11.3 Å². The summed E-state index contributed by atoms with van der Waals surface area (Å²) in [5.74, 6) is 0.377. The molecule has 1 amide bonds. The van der Waals surface area contributed by atoms with Gasteiger partial charge in [-0.15, -0.1) is 0 Å². The first kappa shape index (κ1) is 21.8. The summed E-state index contributed by atoms with van der Waals surface area (Å²) in [7, 11) is 4.61. The molecule has 1 aliphatic heterocycles. The molecule has 10 heteroatoms. The Morgan fingerprint density at radius 2 is 1.73 bits per heavy atom. The van der Waals surface area contributed by atoms with E-state index in [4.69, 9.17) is 14.2 Å². The van der Waals surface area contributed by atoms with E-state index in [1.807, 2.05) is 0 Å². The van der Waals surface area contributed by atoms with E-state index in [1.54, 1.807) is 49.6 Å². The molecule has 0 unspecified atom stereocenters. The average molecular weight is 450 g/mol. The van der Waals surface area contributed by atoms with Gasteiger partial charge in [-0.1, -0.05) is 0 Å². The fourth-order valence-electron chi connectivity index (χ4n) is 3.55. The van der Waals surface area contributed by atoms with E-state index in [2.05, 4.69) is 15.7 Å². The van der Waals surface area contributed by atoms with E-state index in [-0.39, 0.29) is 17.1 Å². The molecule has 3 N–H and O–H groups in total. The third-order valence-corrected chi connectivity index (χ3v) is 5.21. The summed E-state index contributed by atoms with van der Waals surface area (Å²) in [5.41, 5.74) is 1.28. The van der Waals surface area contributed by atoms with Crippen LogP contribution in [-0.4, -0.2) is 48.1 Å². The number of amides is 1. The second kappa shape index (κ2) is 8.95. The molecule has 0 saturated carbocycles. The molecule has 170 valence electrons. The van der Waals surface area contributed by atoms with Crippen LogP contribution in [0.25, 0.3) is 0 Å². The summed E-state index contributed by atoms with van der Waals surface area (Å²) in [6.45, 7) is 0. The first-order chi connectivity index (χ1) is 15.9. The van der Waals surface area contributed by atoms with E-state index in [0.717, 1.165) is 0 Å². The molecule has 1 aliphatic rings. The van der Waals surface area contributed by atoms with Crippen LogP contribution in [0.15, 0.2) is 60.4 Å². The van der Waals surface area contributed by atoms with Crippen molar-refractivity contribution in [2.45, 2.75) is 6.04 Å². The lowest BCUT2D eigenvalue weighted by molar-refractivity contribution is -0.132. The normalized spacial score (nSPS) is 14.4. The Balaban J connectivity index is 1.74. The number of nitrogens with zero attached hydrogens (tertiary/aromatic N) is 2. The highest BCUT2D eigenvalue weighted by Crippen LogP contribution is 2.38. The van der Waals surface area contributed by atoms with Crippen LogP contribution in [-0.2, 0) is 4.79 Å². The van der Waals surface area contributed by atoms with Crippen molar-refractivity contribution in [3.63, 3.8) is 0 Å². The molecular weight excluding hydrogens is 428 g/mol. The minimum absolute atomic E-state index is 0.0867. The summed E-state index contributed by atoms with van der Waals surface area (Å²) >= 11 is 0. The molecule has 2 heterocycles. The minimum Gasteiger partial charge on any atom is -0.497 e. The van der Waals surface area contributed by atoms with Crippen molar-refractivity contribution >= 4 is 23.4 Å². The SMILES string of the molecule is COc1ccc(NC(=O)c2cnn3c2NC(C(=O)O)=C[C@@H]3c2cc(OC)ccc2OC)cc1. The van der Waals surface area contributed by atoms with Crippen molar-refractivity contribution in [2.24, 2.45) is 0 Å². The summed E-state index contributed by atoms with van der Waals surface area (Å²) in [6, 6.07) is 11.4. The zero-order valence-corrected chi connectivity index (χ0v) is 18.2. The largest absolute Gasteiger partial charge is 0.497 e. The standard InChI is InChI=1S/C23H22N4O6/c1-31-14-6-4-13(5-7-14)25-22(28)17-12-24-27-19(11-18(23(29)30)26-21(17)27)16-10-15(32-2)8-9-20(16)33-3/h4-12,19,26H,1-3H3,(H,25,28)(H,29,30)/t19-/m1/s1. The second-order valence-corrected chi connectivity index (χ2v) is 7.10. The fraction of sp³-hybridized carbons (Fsp3) is 0.174. The van der Waals surface area contributed by atoms with Crippen molar-refractivity contribution in [3.8, 4) is 17.2 Å². The van der Waals surface area contributed by atoms with Crippen LogP contribution in [0.2, 0.25) is 0 Å². The lowest BCUT2D eigenvalue weighted by Gasteiger charge is -2.26. The first-order valence-corrected chi connectivity index (χ1v) is 9.92. The number of allylic oxidation sites excluding steroid dienone is 1. The van der Waals surface area contributed by atoms with Gasteiger partial charge in [-0.25, -0.2) is 9.48 Å². The highest BCUT2D eigenvalue weighted by Gasteiger charge is 2.31. The van der Waals surface area contributed by atoms with Gasteiger partial charge in [-0.05, 0) is 48.5 Å². The predicted molar refractivity (Wildman–Crippen MR) is 120 cm³/mol. The third kappa shape index (κ3) is 4.18. The molecule has 0 aliphatic carbocycles. The molecule has 3 aromatic rings. The Morgan fingerprint density at radius 3 is 2.36 bits per heavy atom. The lowest BCUT2D eigenvalue weighted by Crippen LogP contribution is -2.26. The topological polar surface area (TPSA) is 124 Å². The maximum Gasteiger partial charge on any atom is 0.352 e. The van der Waals surface area contributed by atoms with E-state index in [0.29, 0.717) is 28.5 Å². The molecule has 0 fully saturated rings. The molecule has 10 nitrogen and oxygen atoms in total. The van der Waals surface area contributed by atoms with E-state index in [1.165, 1.54) is 31.2 Å². The molecule has 0 spiro atoms. The Kier molecular flexibility index (Phi) is 5.90. The molecule has 1 aromatic heterocycles. The van der Waals surface area contributed by atoms with Crippen molar-refractivity contribution in [2.75, 3.05) is 32.0 Å². The number of carboxylic acid groups (broad SMARTS) is 1. The summed E-state index contributed by atoms with van der Waals surface area (Å²) in [6.07, 6.45) is 2.89. The van der Waals surface area contributed by atoms with Crippen LogP contribution in [0.1, 0.15) is 22.0 Å². The second-order valence-electron chi connectivity index (χ2n) is 7.10. The molecule has 0 saturated heterocycles. The number of anilines is 2. The highest BCUT2D eigenvalue weighted by atomic mass is 16.5. The Bertz CT molecular complexity index is 1230. The van der Waals surface area contributed by atoms with Gasteiger partial charge in [0.05, 0.1) is 27.5 Å².